The van der Waals surface area contributed by atoms with Crippen molar-refractivity contribution < 1.29 is 9.59 Å². The smallest absolute Gasteiger partial charge is 0.319 e. The van der Waals surface area contributed by atoms with Crippen molar-refractivity contribution in [1.82, 2.24) is 20.2 Å². The fourth-order valence-electron chi connectivity index (χ4n) is 2.83. The Morgan fingerprint density at radius 3 is 2.56 bits per heavy atom. The van der Waals surface area contributed by atoms with Crippen LogP contribution in [0.15, 0.2) is 42.5 Å². The van der Waals surface area contributed by atoms with Crippen molar-refractivity contribution in [2.45, 2.75) is 19.9 Å². The van der Waals surface area contributed by atoms with Crippen LogP contribution in [0.4, 0.5) is 10.5 Å². The summed E-state index contributed by atoms with van der Waals surface area (Å²) in [4.78, 5) is 33.6. The van der Waals surface area contributed by atoms with E-state index in [-0.39, 0.29) is 18.0 Å². The molecule has 0 bridgehead atoms. The molecular weight excluding hydrogens is 342 g/mol. The number of aromatic amines is 1. The lowest BCUT2D eigenvalue weighted by atomic mass is 10.1. The van der Waals surface area contributed by atoms with E-state index in [1.165, 1.54) is 4.90 Å². The minimum Gasteiger partial charge on any atom is -0.345 e. The van der Waals surface area contributed by atoms with Gasteiger partial charge in [0.1, 0.15) is 5.82 Å². The number of aryl methyl sites for hydroxylation is 1. The van der Waals surface area contributed by atoms with Crippen LogP contribution in [0.5, 0.6) is 0 Å². The number of carbonyl (C=O) groups excluding carboxylic acids is 2. The number of anilines is 1. The highest BCUT2D eigenvalue weighted by Gasteiger charge is 2.15. The molecule has 1 atom stereocenters. The molecule has 7 nitrogen and oxygen atoms in total. The summed E-state index contributed by atoms with van der Waals surface area (Å²) in [6.45, 7) is 3.71. The molecule has 2 aromatic carbocycles. The number of hydrogen-bond donors (Lipinski definition) is 3. The first-order valence-electron chi connectivity index (χ1n) is 8.69. The van der Waals surface area contributed by atoms with Crippen molar-refractivity contribution in [2.24, 2.45) is 0 Å². The van der Waals surface area contributed by atoms with Gasteiger partial charge in [0.25, 0.3) is 5.91 Å². The number of aromatic nitrogens is 2. The lowest BCUT2D eigenvalue weighted by Gasteiger charge is -2.15. The first kappa shape index (κ1) is 18.4. The van der Waals surface area contributed by atoms with E-state index >= 15 is 0 Å². The Kier molecular flexibility index (Phi) is 5.12. The van der Waals surface area contributed by atoms with Crippen molar-refractivity contribution >= 4 is 28.7 Å². The molecule has 3 amide bonds. The molecule has 1 heterocycles. The number of H-pyrrole nitrogens is 1. The highest BCUT2D eigenvalue weighted by molar-refractivity contribution is 5.96. The van der Waals surface area contributed by atoms with E-state index in [2.05, 4.69) is 20.6 Å². The largest absolute Gasteiger partial charge is 0.345 e. The zero-order chi connectivity index (χ0) is 19.6. The van der Waals surface area contributed by atoms with Gasteiger partial charge in [0.05, 0.1) is 17.1 Å². The second-order valence-electron chi connectivity index (χ2n) is 6.69. The van der Waals surface area contributed by atoms with Gasteiger partial charge in [-0.05, 0) is 49.7 Å². The Hall–Kier alpha value is -3.35. The van der Waals surface area contributed by atoms with Crippen molar-refractivity contribution in [3.63, 3.8) is 0 Å². The lowest BCUT2D eigenvalue weighted by molar-refractivity contribution is 0.0827. The number of para-hydroxylation sites is 2. The Balaban J connectivity index is 1.66. The Labute approximate surface area is 157 Å². The van der Waals surface area contributed by atoms with Crippen LogP contribution >= 0.6 is 0 Å². The van der Waals surface area contributed by atoms with Gasteiger partial charge in [-0.2, -0.15) is 0 Å². The van der Waals surface area contributed by atoms with Gasteiger partial charge >= 0.3 is 6.03 Å². The molecule has 0 fully saturated rings. The van der Waals surface area contributed by atoms with Crippen LogP contribution in [0.3, 0.4) is 0 Å². The molecule has 3 aromatic rings. The van der Waals surface area contributed by atoms with E-state index in [1.807, 2.05) is 38.1 Å². The van der Waals surface area contributed by atoms with Gasteiger partial charge in [-0.25, -0.2) is 9.78 Å². The normalized spacial score (nSPS) is 11.9. The summed E-state index contributed by atoms with van der Waals surface area (Å²) in [5, 5.41) is 5.66. The number of hydrogen-bond acceptors (Lipinski definition) is 3. The summed E-state index contributed by atoms with van der Waals surface area (Å²) < 4.78 is 0. The minimum absolute atomic E-state index is 0.0676. The monoisotopic (exact) mass is 365 g/mol. The Morgan fingerprint density at radius 1 is 1.15 bits per heavy atom. The molecule has 0 aliphatic carbocycles. The van der Waals surface area contributed by atoms with Crippen LogP contribution in [-0.4, -0.2) is 40.9 Å². The zero-order valence-corrected chi connectivity index (χ0v) is 15.8. The fourth-order valence-corrected chi connectivity index (χ4v) is 2.83. The van der Waals surface area contributed by atoms with E-state index in [0.717, 1.165) is 16.6 Å². The van der Waals surface area contributed by atoms with Gasteiger partial charge in [0.15, 0.2) is 0 Å². The molecule has 0 saturated carbocycles. The van der Waals surface area contributed by atoms with Crippen LogP contribution < -0.4 is 10.6 Å². The molecule has 1 aromatic heterocycles. The molecule has 3 N–H and O–H groups in total. The number of carbonyl (C=O) groups is 2. The summed E-state index contributed by atoms with van der Waals surface area (Å²) in [7, 11) is 3.42. The van der Waals surface area contributed by atoms with Gasteiger partial charge in [-0.1, -0.05) is 12.1 Å². The van der Waals surface area contributed by atoms with Crippen LogP contribution in [0.2, 0.25) is 0 Å². The number of nitrogens with one attached hydrogen (secondary N) is 3. The maximum absolute atomic E-state index is 12.3. The topological polar surface area (TPSA) is 90.1 Å². The fraction of sp³-hybridized carbons (Fsp3) is 0.250. The van der Waals surface area contributed by atoms with Crippen molar-refractivity contribution in [2.75, 3.05) is 19.4 Å². The van der Waals surface area contributed by atoms with Gasteiger partial charge < -0.3 is 20.5 Å². The predicted octanol–water partition coefficient (Wildman–Crippen LogP) is 3.46. The van der Waals surface area contributed by atoms with Crippen LogP contribution in [0, 0.1) is 6.92 Å². The first-order chi connectivity index (χ1) is 12.8. The highest BCUT2D eigenvalue weighted by Crippen LogP contribution is 2.18. The maximum atomic E-state index is 12.3. The summed E-state index contributed by atoms with van der Waals surface area (Å²) in [5.41, 5.74) is 3.83. The van der Waals surface area contributed by atoms with Crippen molar-refractivity contribution in [1.29, 1.82) is 0 Å². The van der Waals surface area contributed by atoms with Crippen molar-refractivity contribution in [3.05, 3.63) is 59.4 Å². The lowest BCUT2D eigenvalue weighted by Crippen LogP contribution is -2.31. The van der Waals surface area contributed by atoms with Gasteiger partial charge in [-0.3, -0.25) is 4.79 Å². The van der Waals surface area contributed by atoms with E-state index < -0.39 is 0 Å². The third kappa shape index (κ3) is 4.08. The van der Waals surface area contributed by atoms with Gasteiger partial charge in [0.2, 0.25) is 0 Å². The molecule has 27 heavy (non-hydrogen) atoms. The summed E-state index contributed by atoms with van der Waals surface area (Å²) in [6, 6.07) is 12.3. The Morgan fingerprint density at radius 2 is 1.89 bits per heavy atom. The summed E-state index contributed by atoms with van der Waals surface area (Å²) >= 11 is 0. The maximum Gasteiger partial charge on any atom is 0.319 e. The first-order valence-corrected chi connectivity index (χ1v) is 8.69. The molecular formula is C20H23N5O2. The zero-order valence-electron chi connectivity index (χ0n) is 15.8. The molecule has 1 unspecified atom stereocenters. The SMILES string of the molecule is Cc1cc(NC(=O)NC(C)c2nc3ccccc3[nH]2)ccc1C(=O)N(C)C. The molecule has 140 valence electrons. The van der Waals surface area contributed by atoms with Crippen molar-refractivity contribution in [3.8, 4) is 0 Å². The summed E-state index contributed by atoms with van der Waals surface area (Å²) in [6.07, 6.45) is 0. The molecule has 0 radical (unpaired) electrons. The molecule has 0 saturated heterocycles. The highest BCUT2D eigenvalue weighted by atomic mass is 16.2. The number of rotatable bonds is 4. The molecule has 3 rings (SSSR count). The Bertz CT molecular complexity index is 960. The standard InChI is InChI=1S/C20H23N5O2/c1-12-11-14(9-10-15(12)19(26)25(3)4)22-20(27)21-13(2)18-23-16-7-5-6-8-17(16)24-18/h5-11,13H,1-4H3,(H,23,24)(H2,21,22,27). The predicted molar refractivity (Wildman–Crippen MR) is 106 cm³/mol. The third-order valence-corrected chi connectivity index (χ3v) is 4.29. The molecule has 0 aliphatic heterocycles. The van der Waals surface area contributed by atoms with Crippen LogP contribution in [-0.2, 0) is 0 Å². The van der Waals surface area contributed by atoms with Gasteiger partial charge in [-0.15, -0.1) is 0 Å². The number of fused-ring (bicyclic) bond motifs is 1. The van der Waals surface area contributed by atoms with E-state index in [4.69, 9.17) is 0 Å². The number of benzene rings is 2. The van der Waals surface area contributed by atoms with E-state index in [1.54, 1.807) is 32.3 Å². The van der Waals surface area contributed by atoms with Gasteiger partial charge in [0, 0.05) is 25.3 Å². The third-order valence-electron chi connectivity index (χ3n) is 4.29. The second kappa shape index (κ2) is 7.49. The number of amides is 3. The molecule has 0 aliphatic rings. The van der Waals surface area contributed by atoms with Crippen LogP contribution in [0.1, 0.15) is 34.7 Å². The quantitative estimate of drug-likeness (QED) is 0.661. The summed E-state index contributed by atoms with van der Waals surface area (Å²) in [5.74, 6) is 0.622. The van der Waals surface area contributed by atoms with E-state index in [0.29, 0.717) is 17.1 Å². The molecule has 0 spiro atoms. The number of nitrogens with zero attached hydrogens (tertiary/aromatic N) is 2. The average molecular weight is 365 g/mol. The minimum atomic E-state index is -0.339. The average Bonchev–Trinajstić information content (AvgIpc) is 3.05. The van der Waals surface area contributed by atoms with E-state index in [9.17, 15) is 9.59 Å². The van der Waals surface area contributed by atoms with Crippen LogP contribution in [0.25, 0.3) is 11.0 Å². The number of urea groups is 1. The molecule has 7 heteroatoms. The number of imidazole rings is 1. The second-order valence-corrected chi connectivity index (χ2v) is 6.69.